The summed E-state index contributed by atoms with van der Waals surface area (Å²) in [5.41, 5.74) is 5.25. The van der Waals surface area contributed by atoms with Gasteiger partial charge in [-0.2, -0.15) is 0 Å². The van der Waals surface area contributed by atoms with Gasteiger partial charge in [0.05, 0.1) is 0 Å². The van der Waals surface area contributed by atoms with E-state index in [2.05, 4.69) is 83.6 Å². The van der Waals surface area contributed by atoms with Crippen LogP contribution in [0.25, 0.3) is 0 Å². The molecule has 0 aromatic carbocycles. The number of nitrogens with zero attached hydrogens (tertiary/aromatic N) is 2. The third kappa shape index (κ3) is 11.2. The lowest BCUT2D eigenvalue weighted by Gasteiger charge is -2.09. The largest absolute Gasteiger partial charge is 0.264 e. The summed E-state index contributed by atoms with van der Waals surface area (Å²) in [6.07, 6.45) is 5.82. The molecule has 0 radical (unpaired) electrons. The fourth-order valence-corrected chi connectivity index (χ4v) is 2.25. The molecule has 0 unspecified atom stereocenters. The van der Waals surface area contributed by atoms with E-state index in [1.54, 1.807) is 0 Å². The van der Waals surface area contributed by atoms with E-state index in [4.69, 9.17) is 0 Å². The van der Waals surface area contributed by atoms with Crippen molar-refractivity contribution >= 4 is 0 Å². The smallest absolute Gasteiger partial charge is 0.0431 e. The van der Waals surface area contributed by atoms with Crippen LogP contribution >= 0.6 is 0 Å². The van der Waals surface area contributed by atoms with Gasteiger partial charge in [0.15, 0.2) is 0 Å². The molecule has 2 rings (SSSR count). The summed E-state index contributed by atoms with van der Waals surface area (Å²) < 4.78 is 0. The second-order valence-electron chi connectivity index (χ2n) is 7.68. The predicted octanol–water partition coefficient (Wildman–Crippen LogP) is 8.71. The minimum atomic E-state index is 0.531. The van der Waals surface area contributed by atoms with E-state index in [1.807, 2.05) is 46.3 Å². The van der Waals surface area contributed by atoms with Crippen LogP contribution in [-0.2, 0) is 0 Å². The van der Waals surface area contributed by atoms with Crippen molar-refractivity contribution in [3.8, 4) is 0 Å². The molecular weight excluding hydrogens is 340 g/mol. The quantitative estimate of drug-likeness (QED) is 0.525. The molecule has 0 aliphatic heterocycles. The van der Waals surface area contributed by atoms with Gasteiger partial charge in [-0.15, -0.1) is 0 Å². The fraction of sp³-hybridized carbons (Fsp3) is 0.615. The zero-order chi connectivity index (χ0) is 22.3. The van der Waals surface area contributed by atoms with Crippen molar-refractivity contribution in [2.45, 2.75) is 107 Å². The molecule has 0 spiro atoms. The highest BCUT2D eigenvalue weighted by Gasteiger charge is 2.04. The van der Waals surface area contributed by atoms with Crippen LogP contribution in [0.5, 0.6) is 0 Å². The molecule has 0 fully saturated rings. The van der Waals surface area contributed by atoms with Crippen LogP contribution in [0.1, 0.15) is 129 Å². The van der Waals surface area contributed by atoms with E-state index in [0.29, 0.717) is 23.7 Å². The molecule has 0 saturated heterocycles. The molecule has 0 amide bonds. The molecule has 2 heteroatoms. The minimum absolute atomic E-state index is 0.531. The van der Waals surface area contributed by atoms with Crippen LogP contribution in [0, 0.1) is 0 Å². The van der Waals surface area contributed by atoms with E-state index in [0.717, 1.165) is 0 Å². The Hall–Kier alpha value is -1.70. The van der Waals surface area contributed by atoms with Gasteiger partial charge in [-0.3, -0.25) is 9.97 Å². The van der Waals surface area contributed by atoms with Crippen molar-refractivity contribution < 1.29 is 0 Å². The monoisotopic (exact) mass is 386 g/mol. The van der Waals surface area contributed by atoms with Crippen LogP contribution < -0.4 is 0 Å². The van der Waals surface area contributed by atoms with Crippen molar-refractivity contribution in [2.75, 3.05) is 0 Å². The topological polar surface area (TPSA) is 25.8 Å². The van der Waals surface area contributed by atoms with Gasteiger partial charge in [-0.1, -0.05) is 89.2 Å². The van der Waals surface area contributed by atoms with Crippen molar-refractivity contribution in [1.82, 2.24) is 9.97 Å². The number of aromatic nitrogens is 2. The molecule has 28 heavy (non-hydrogen) atoms. The highest BCUT2D eigenvalue weighted by molar-refractivity contribution is 5.23. The van der Waals surface area contributed by atoms with Gasteiger partial charge >= 0.3 is 0 Å². The highest BCUT2D eigenvalue weighted by atomic mass is 14.7. The third-order valence-corrected chi connectivity index (χ3v) is 4.18. The van der Waals surface area contributed by atoms with Crippen molar-refractivity contribution in [3.63, 3.8) is 0 Å². The Labute approximate surface area is 176 Å². The summed E-state index contributed by atoms with van der Waals surface area (Å²) in [6, 6.07) is 6.55. The first-order valence-corrected chi connectivity index (χ1v) is 11.1. The Morgan fingerprint density at radius 3 is 1.36 bits per heavy atom. The molecule has 0 bridgehead atoms. The van der Waals surface area contributed by atoms with Gasteiger partial charge in [-0.05, 0) is 52.5 Å². The standard InChI is InChI=1S/2C11H17N.2C2H6/c1-8(2)10-5-11(9(3)4)7-12-6-10;1-8(2)10-5-6-12-11(7-10)9(3)4;2*1-2/h2*5-9H,1-4H3;2*1-2H3. The first-order valence-electron chi connectivity index (χ1n) is 11.1. The second kappa shape index (κ2) is 16.3. The third-order valence-electron chi connectivity index (χ3n) is 4.18. The van der Waals surface area contributed by atoms with Gasteiger partial charge in [-0.25, -0.2) is 0 Å². The molecule has 2 nitrogen and oxygen atoms in total. The van der Waals surface area contributed by atoms with Gasteiger partial charge in [0, 0.05) is 24.3 Å². The Kier molecular flexibility index (Phi) is 16.6. The Bertz CT molecular complexity index is 511. The molecule has 0 N–H and O–H groups in total. The molecule has 0 saturated carbocycles. The summed E-state index contributed by atoms with van der Waals surface area (Å²) in [6.45, 7) is 25.5. The lowest BCUT2D eigenvalue weighted by atomic mass is 9.99. The zero-order valence-corrected chi connectivity index (χ0v) is 20.7. The van der Waals surface area contributed by atoms with E-state index < -0.39 is 0 Å². The Morgan fingerprint density at radius 1 is 0.571 bits per heavy atom. The van der Waals surface area contributed by atoms with E-state index in [-0.39, 0.29) is 0 Å². The SMILES string of the molecule is CC.CC.CC(C)c1ccnc(C(C)C)c1.CC(C)c1cncc(C(C)C)c1. The van der Waals surface area contributed by atoms with Crippen LogP contribution in [0.15, 0.2) is 36.8 Å². The average Bonchev–Trinajstić information content (AvgIpc) is 2.71. The maximum Gasteiger partial charge on any atom is 0.0431 e. The molecule has 2 heterocycles. The van der Waals surface area contributed by atoms with Crippen LogP contribution in [0.2, 0.25) is 0 Å². The molecule has 160 valence electrons. The number of hydrogen-bond donors (Lipinski definition) is 0. The Balaban J connectivity index is 0. The van der Waals surface area contributed by atoms with Gasteiger partial charge < -0.3 is 0 Å². The summed E-state index contributed by atoms with van der Waals surface area (Å²) in [5.74, 6) is 2.29. The maximum atomic E-state index is 4.32. The normalized spacial score (nSPS) is 10.0. The van der Waals surface area contributed by atoms with Crippen LogP contribution in [-0.4, -0.2) is 9.97 Å². The minimum Gasteiger partial charge on any atom is -0.264 e. The van der Waals surface area contributed by atoms with Crippen LogP contribution in [0.3, 0.4) is 0 Å². The van der Waals surface area contributed by atoms with Crippen molar-refractivity contribution in [1.29, 1.82) is 0 Å². The molecule has 0 atom stereocenters. The van der Waals surface area contributed by atoms with E-state index in [9.17, 15) is 0 Å². The van der Waals surface area contributed by atoms with Gasteiger partial charge in [0.25, 0.3) is 0 Å². The number of rotatable bonds is 4. The second-order valence-corrected chi connectivity index (χ2v) is 7.68. The predicted molar refractivity (Wildman–Crippen MR) is 128 cm³/mol. The maximum absolute atomic E-state index is 4.32. The molecular formula is C26H46N2. The lowest BCUT2D eigenvalue weighted by Crippen LogP contribution is -1.95. The lowest BCUT2D eigenvalue weighted by molar-refractivity contribution is 0.799. The zero-order valence-electron chi connectivity index (χ0n) is 20.7. The number of hydrogen-bond acceptors (Lipinski definition) is 2. The summed E-state index contributed by atoms with van der Waals surface area (Å²) >= 11 is 0. The summed E-state index contributed by atoms with van der Waals surface area (Å²) in [5, 5.41) is 0. The summed E-state index contributed by atoms with van der Waals surface area (Å²) in [4.78, 5) is 8.55. The van der Waals surface area contributed by atoms with E-state index >= 15 is 0 Å². The van der Waals surface area contributed by atoms with E-state index in [1.165, 1.54) is 22.4 Å². The molecule has 2 aromatic heterocycles. The first kappa shape index (κ1) is 28.5. The van der Waals surface area contributed by atoms with Crippen molar-refractivity contribution in [3.05, 3.63) is 59.2 Å². The van der Waals surface area contributed by atoms with Gasteiger partial charge in [0.2, 0.25) is 0 Å². The molecule has 0 aliphatic rings. The molecule has 2 aromatic rings. The first-order chi connectivity index (χ1) is 13.2. The van der Waals surface area contributed by atoms with Crippen molar-refractivity contribution in [2.24, 2.45) is 0 Å². The number of pyridine rings is 2. The van der Waals surface area contributed by atoms with Gasteiger partial charge in [0.1, 0.15) is 0 Å². The average molecular weight is 387 g/mol. The van der Waals surface area contributed by atoms with Crippen LogP contribution in [0.4, 0.5) is 0 Å². The summed E-state index contributed by atoms with van der Waals surface area (Å²) in [7, 11) is 0. The Morgan fingerprint density at radius 2 is 1.00 bits per heavy atom. The highest BCUT2D eigenvalue weighted by Crippen LogP contribution is 2.19. The fourth-order valence-electron chi connectivity index (χ4n) is 2.25. The molecule has 0 aliphatic carbocycles.